The summed E-state index contributed by atoms with van der Waals surface area (Å²) in [7, 11) is 0. The topological polar surface area (TPSA) is 34.0 Å². The second kappa shape index (κ2) is 11.7. The van der Waals surface area contributed by atoms with Crippen molar-refractivity contribution in [2.75, 3.05) is 4.90 Å². The van der Waals surface area contributed by atoms with Gasteiger partial charge >= 0.3 is 0 Å². The molecule has 266 valence electrons. The zero-order valence-electron chi connectivity index (χ0n) is 30.7. The van der Waals surface area contributed by atoms with E-state index in [-0.39, 0.29) is 12.0 Å². The van der Waals surface area contributed by atoms with Gasteiger partial charge in [-0.05, 0) is 64.7 Å². The van der Waals surface area contributed by atoms with Crippen LogP contribution in [-0.4, -0.2) is 20.6 Å². The van der Waals surface area contributed by atoms with E-state index in [1.165, 1.54) is 80.1 Å². The molecule has 4 heterocycles. The fourth-order valence-electron chi connectivity index (χ4n) is 9.90. The first-order valence-electron chi connectivity index (χ1n) is 19.6. The molecule has 1 aliphatic heterocycles. The van der Waals surface area contributed by atoms with Crippen molar-refractivity contribution in [1.82, 2.24) is 14.5 Å². The Morgan fingerprint density at radius 3 is 2.21 bits per heavy atom. The fourth-order valence-corrected chi connectivity index (χ4v) is 11.0. The molecule has 0 N–H and O–H groups in total. The normalized spacial score (nSPS) is 16.1. The van der Waals surface area contributed by atoms with Gasteiger partial charge in [0.1, 0.15) is 5.82 Å². The van der Waals surface area contributed by atoms with Gasteiger partial charge < -0.3 is 9.47 Å². The maximum Gasteiger partial charge on any atom is 0.162 e. The van der Waals surface area contributed by atoms with Crippen LogP contribution in [-0.2, 0) is 0 Å². The van der Waals surface area contributed by atoms with E-state index >= 15 is 0 Å². The molecule has 0 fully saturated rings. The minimum atomic E-state index is -0.0482. The number of benzene rings is 8. The van der Waals surface area contributed by atoms with Crippen LogP contribution >= 0.6 is 11.3 Å². The summed E-state index contributed by atoms with van der Waals surface area (Å²) < 4.78 is 5.16. The molecule has 2 unspecified atom stereocenters. The summed E-state index contributed by atoms with van der Waals surface area (Å²) >= 11 is 1.83. The number of nitrogens with zero attached hydrogens (tertiary/aromatic N) is 4. The first-order valence-corrected chi connectivity index (χ1v) is 20.4. The van der Waals surface area contributed by atoms with Crippen LogP contribution in [0.3, 0.4) is 0 Å². The predicted molar refractivity (Wildman–Crippen MR) is 239 cm³/mol. The van der Waals surface area contributed by atoms with Gasteiger partial charge in [-0.1, -0.05) is 133 Å². The lowest BCUT2D eigenvalue weighted by Crippen LogP contribution is -2.43. The van der Waals surface area contributed by atoms with Crippen LogP contribution in [0.4, 0.5) is 11.5 Å². The highest BCUT2D eigenvalue weighted by Gasteiger charge is 2.44. The third-order valence-corrected chi connectivity index (χ3v) is 13.5. The molecule has 0 saturated heterocycles. The lowest BCUT2D eigenvalue weighted by Gasteiger charge is -2.32. The van der Waals surface area contributed by atoms with Crippen LogP contribution in [0.15, 0.2) is 176 Å². The molecule has 13 rings (SSSR count). The third kappa shape index (κ3) is 4.37. The Labute approximate surface area is 331 Å². The molecule has 4 nitrogen and oxygen atoms in total. The molecule has 0 spiro atoms. The van der Waals surface area contributed by atoms with E-state index in [9.17, 15) is 0 Å². The Kier molecular flexibility index (Phi) is 6.40. The Morgan fingerprint density at radius 1 is 0.526 bits per heavy atom. The quantitative estimate of drug-likeness (QED) is 0.181. The number of hydrogen-bond donors (Lipinski definition) is 0. The number of hydrogen-bond acceptors (Lipinski definition) is 4. The van der Waals surface area contributed by atoms with E-state index in [1.54, 1.807) is 0 Å². The van der Waals surface area contributed by atoms with E-state index in [0.29, 0.717) is 0 Å². The van der Waals surface area contributed by atoms with Crippen molar-refractivity contribution in [2.24, 2.45) is 0 Å². The predicted octanol–water partition coefficient (Wildman–Crippen LogP) is 11.7. The van der Waals surface area contributed by atoms with Gasteiger partial charge in [-0.25, -0.2) is 9.97 Å². The van der Waals surface area contributed by atoms with Crippen LogP contribution in [0.5, 0.6) is 0 Å². The molecule has 5 heteroatoms. The number of rotatable bonds is 3. The molecular formula is C52H32N4S. The molecule has 0 bridgehead atoms. The maximum atomic E-state index is 5.58. The van der Waals surface area contributed by atoms with Crippen LogP contribution in [0.1, 0.15) is 11.5 Å². The molecule has 2 aliphatic rings. The van der Waals surface area contributed by atoms with Crippen LogP contribution < -0.4 is 15.3 Å². The number of anilines is 2. The van der Waals surface area contributed by atoms with E-state index in [0.717, 1.165) is 28.1 Å². The van der Waals surface area contributed by atoms with E-state index in [1.807, 2.05) is 11.3 Å². The molecule has 3 aromatic heterocycles. The number of aromatic nitrogens is 3. The Bertz CT molecular complexity index is 3630. The van der Waals surface area contributed by atoms with Crippen molar-refractivity contribution < 1.29 is 0 Å². The number of fused-ring (bicyclic) bond motifs is 13. The summed E-state index contributed by atoms with van der Waals surface area (Å²) in [6.45, 7) is 0. The van der Waals surface area contributed by atoms with Crippen molar-refractivity contribution in [3.63, 3.8) is 0 Å². The van der Waals surface area contributed by atoms with Gasteiger partial charge in [0.2, 0.25) is 0 Å². The molecule has 57 heavy (non-hydrogen) atoms. The molecule has 8 aromatic carbocycles. The summed E-state index contributed by atoms with van der Waals surface area (Å²) in [5.41, 5.74) is 8.19. The Morgan fingerprint density at radius 2 is 1.26 bits per heavy atom. The highest BCUT2D eigenvalue weighted by atomic mass is 32.1. The summed E-state index contributed by atoms with van der Waals surface area (Å²) in [6, 6.07) is 64.1. The highest BCUT2D eigenvalue weighted by molar-refractivity contribution is 7.25. The van der Waals surface area contributed by atoms with Crippen molar-refractivity contribution in [3.05, 3.63) is 192 Å². The van der Waals surface area contributed by atoms with Gasteiger partial charge in [0.05, 0.1) is 28.5 Å². The lowest BCUT2D eigenvalue weighted by atomic mass is 9.85. The third-order valence-electron chi connectivity index (χ3n) is 12.3. The van der Waals surface area contributed by atoms with Crippen molar-refractivity contribution >= 4 is 98.3 Å². The average molecular weight is 745 g/mol. The smallest absolute Gasteiger partial charge is 0.162 e. The summed E-state index contributed by atoms with van der Waals surface area (Å²) in [6.07, 6.45) is 2.48. The van der Waals surface area contributed by atoms with Crippen LogP contribution in [0, 0.1) is 0 Å². The van der Waals surface area contributed by atoms with Crippen LogP contribution in [0.2, 0.25) is 0 Å². The zero-order valence-corrected chi connectivity index (χ0v) is 31.5. The first kappa shape index (κ1) is 31.2. The van der Waals surface area contributed by atoms with E-state index in [4.69, 9.17) is 9.97 Å². The minimum Gasteiger partial charge on any atom is -0.317 e. The van der Waals surface area contributed by atoms with Crippen molar-refractivity contribution in [3.8, 4) is 11.4 Å². The number of thiophene rings is 1. The summed E-state index contributed by atoms with van der Waals surface area (Å²) in [5.74, 6) is 1.67. The van der Waals surface area contributed by atoms with Crippen molar-refractivity contribution in [2.45, 2.75) is 12.0 Å². The zero-order chi connectivity index (χ0) is 37.2. The maximum absolute atomic E-state index is 5.58. The molecule has 0 amide bonds. The molecule has 0 saturated carbocycles. The van der Waals surface area contributed by atoms with Gasteiger partial charge in [-0.15, -0.1) is 11.3 Å². The summed E-state index contributed by atoms with van der Waals surface area (Å²) in [5, 5.41) is 11.1. The lowest BCUT2D eigenvalue weighted by molar-refractivity contribution is 0.753. The van der Waals surface area contributed by atoms with Gasteiger partial charge in [0.25, 0.3) is 0 Å². The van der Waals surface area contributed by atoms with E-state index in [2.05, 4.69) is 191 Å². The van der Waals surface area contributed by atoms with Crippen molar-refractivity contribution in [1.29, 1.82) is 0 Å². The van der Waals surface area contributed by atoms with Crippen LogP contribution in [0.25, 0.3) is 86.8 Å². The summed E-state index contributed by atoms with van der Waals surface area (Å²) in [4.78, 5) is 13.3. The van der Waals surface area contributed by atoms with Gasteiger partial charge in [-0.3, -0.25) is 0 Å². The van der Waals surface area contributed by atoms with E-state index < -0.39 is 0 Å². The molecule has 11 aromatic rings. The monoisotopic (exact) mass is 744 g/mol. The average Bonchev–Trinajstić information content (AvgIpc) is 3.93. The SMILES string of the molecule is C1=c2ccccc2=C(n2c3ccccc3c3ccc4ccccc4c32)C2c3ccccc3N(c3nc(-c4ccc5sc6ccccc6c5c4)nc4ccccc34)C12. The van der Waals surface area contributed by atoms with Gasteiger partial charge in [0.15, 0.2) is 5.82 Å². The second-order valence-corrected chi connectivity index (χ2v) is 16.4. The Balaban J connectivity index is 1.09. The minimum absolute atomic E-state index is 0.0137. The second-order valence-electron chi connectivity index (χ2n) is 15.3. The first-order chi connectivity index (χ1) is 28.3. The molecular weight excluding hydrogens is 713 g/mol. The Hall–Kier alpha value is -7.08. The highest BCUT2D eigenvalue weighted by Crippen LogP contribution is 2.52. The fraction of sp³-hybridized carbons (Fsp3) is 0.0385. The standard InChI is InChI=1S/C52H32N4S/c1-3-15-34-31(13-1)25-27-38-36-17-6-10-22-43(36)56(49(34)38)50-35-16-4-2-14-32(35)30-45-48(50)40-20-7-11-23-44(40)55(45)52-39-19-5-9-21-42(39)53-51(54-52)33-26-28-47-41(29-33)37-18-8-12-24-46(37)57-47/h1-30,45,48H. The largest absolute Gasteiger partial charge is 0.317 e. The van der Waals surface area contributed by atoms with Gasteiger partial charge in [0, 0.05) is 63.9 Å². The van der Waals surface area contributed by atoms with Gasteiger partial charge in [-0.2, -0.15) is 0 Å². The molecule has 1 aliphatic carbocycles. The number of para-hydroxylation sites is 3. The molecule has 2 atom stereocenters. The molecule has 0 radical (unpaired) electrons.